The molecular formula is C16H13N2O4S-. The summed E-state index contributed by atoms with van der Waals surface area (Å²) in [5.74, 6) is 0.985. The van der Waals surface area contributed by atoms with Crippen LogP contribution in [-0.4, -0.2) is 18.9 Å². The van der Waals surface area contributed by atoms with Crippen molar-refractivity contribution in [2.75, 3.05) is 4.72 Å². The van der Waals surface area contributed by atoms with Crippen LogP contribution in [0.1, 0.15) is 5.56 Å². The number of pyridine rings is 1. The number of benzene rings is 2. The lowest BCUT2D eigenvalue weighted by Gasteiger charge is -2.11. The first-order chi connectivity index (χ1) is 11.2. The van der Waals surface area contributed by atoms with E-state index in [0.717, 1.165) is 16.3 Å². The highest BCUT2D eigenvalue weighted by molar-refractivity contribution is 7.80. The molecule has 0 fully saturated rings. The Morgan fingerprint density at radius 3 is 2.78 bits per heavy atom. The number of hydrogen-bond acceptors (Lipinski definition) is 5. The van der Waals surface area contributed by atoms with Gasteiger partial charge in [0.05, 0.1) is 18.5 Å². The van der Waals surface area contributed by atoms with Crippen molar-refractivity contribution in [3.05, 3.63) is 60.3 Å². The maximum Gasteiger partial charge on any atom is 0.219 e. The number of nitrogens with one attached hydrogen (secondary N) is 1. The van der Waals surface area contributed by atoms with Crippen molar-refractivity contribution in [3.63, 3.8) is 0 Å². The van der Waals surface area contributed by atoms with Gasteiger partial charge in [0.25, 0.3) is 0 Å². The number of aromatic nitrogens is 1. The van der Waals surface area contributed by atoms with Gasteiger partial charge in [-0.3, -0.25) is 4.21 Å². The second-order valence-corrected chi connectivity index (χ2v) is 5.47. The van der Waals surface area contributed by atoms with Crippen molar-refractivity contribution in [2.45, 2.75) is 6.61 Å². The summed E-state index contributed by atoms with van der Waals surface area (Å²) in [6.07, 6.45) is 1.38. The van der Waals surface area contributed by atoms with Crippen LogP contribution in [0.5, 0.6) is 11.6 Å². The van der Waals surface area contributed by atoms with Crippen molar-refractivity contribution in [1.29, 1.82) is 0 Å². The maximum atomic E-state index is 10.6. The van der Waals surface area contributed by atoms with Gasteiger partial charge >= 0.3 is 0 Å². The van der Waals surface area contributed by atoms with Gasteiger partial charge in [0.1, 0.15) is 5.75 Å². The van der Waals surface area contributed by atoms with Crippen LogP contribution < -0.4 is 9.46 Å². The van der Waals surface area contributed by atoms with Crippen LogP contribution in [0.25, 0.3) is 10.8 Å². The van der Waals surface area contributed by atoms with E-state index in [-0.39, 0.29) is 6.61 Å². The molecule has 0 spiro atoms. The zero-order valence-corrected chi connectivity index (χ0v) is 12.7. The van der Waals surface area contributed by atoms with Crippen LogP contribution in [0, 0.1) is 0 Å². The van der Waals surface area contributed by atoms with Crippen LogP contribution in [0.4, 0.5) is 5.69 Å². The van der Waals surface area contributed by atoms with Crippen LogP contribution >= 0.6 is 0 Å². The van der Waals surface area contributed by atoms with E-state index in [4.69, 9.17) is 4.74 Å². The first kappa shape index (κ1) is 15.4. The molecule has 1 atom stereocenters. The first-order valence-corrected chi connectivity index (χ1v) is 7.85. The average molecular weight is 329 g/mol. The van der Waals surface area contributed by atoms with Crippen molar-refractivity contribution < 1.29 is 18.6 Å². The van der Waals surface area contributed by atoms with E-state index < -0.39 is 11.3 Å². The third-order valence-electron chi connectivity index (χ3n) is 3.24. The number of rotatable bonds is 5. The highest BCUT2D eigenvalue weighted by Crippen LogP contribution is 2.30. The third kappa shape index (κ3) is 3.65. The van der Waals surface area contributed by atoms with Crippen LogP contribution in [0.3, 0.4) is 0 Å². The highest BCUT2D eigenvalue weighted by Gasteiger charge is 2.05. The molecule has 7 heteroatoms. The minimum atomic E-state index is -2.38. The summed E-state index contributed by atoms with van der Waals surface area (Å²) in [7, 11) is 0. The third-order valence-corrected chi connectivity index (χ3v) is 3.64. The summed E-state index contributed by atoms with van der Waals surface area (Å²) in [5.41, 5.74) is 1.19. The van der Waals surface area contributed by atoms with E-state index in [9.17, 15) is 13.9 Å². The van der Waals surface area contributed by atoms with Crippen molar-refractivity contribution in [1.82, 2.24) is 4.98 Å². The molecule has 2 aromatic carbocycles. The number of fused-ring (bicyclic) bond motifs is 1. The Kier molecular flexibility index (Phi) is 4.52. The van der Waals surface area contributed by atoms with Crippen LogP contribution in [0.2, 0.25) is 0 Å². The molecule has 0 radical (unpaired) electrons. The van der Waals surface area contributed by atoms with Gasteiger partial charge in [-0.25, -0.2) is 4.98 Å². The van der Waals surface area contributed by atoms with Gasteiger partial charge in [-0.2, -0.15) is 0 Å². The molecule has 1 heterocycles. The maximum absolute atomic E-state index is 10.6. The molecule has 0 bridgehead atoms. The molecule has 3 rings (SSSR count). The number of ether oxygens (including phenoxy) is 1. The van der Waals surface area contributed by atoms with E-state index >= 15 is 0 Å². The number of aliphatic hydroxyl groups is 1. The topological polar surface area (TPSA) is 94.5 Å². The number of anilines is 1. The summed E-state index contributed by atoms with van der Waals surface area (Å²) in [6.45, 7) is -0.0157. The Bertz CT molecular complexity index is 852. The van der Waals surface area contributed by atoms with E-state index in [2.05, 4.69) is 9.71 Å². The standard InChI is InChI=1S/C16H14N2O4S/c19-10-11-4-6-14-12(8-11)2-1-3-15(14)22-16-7-5-13(9-17-16)18-23(20)21/h1-9,18-19H,10H2,(H,20,21)/p-1. The smallest absolute Gasteiger partial charge is 0.219 e. The number of nitrogens with zero attached hydrogens (tertiary/aromatic N) is 1. The number of aliphatic hydroxyl groups excluding tert-OH is 1. The Labute approximate surface area is 135 Å². The molecular weight excluding hydrogens is 316 g/mol. The average Bonchev–Trinajstić information content (AvgIpc) is 2.56. The van der Waals surface area contributed by atoms with E-state index in [1.807, 2.05) is 36.4 Å². The molecule has 2 N–H and O–H groups in total. The monoisotopic (exact) mass is 329 g/mol. The fraction of sp³-hybridized carbons (Fsp3) is 0.0625. The first-order valence-electron chi connectivity index (χ1n) is 6.78. The Hall–Kier alpha value is -2.48. The minimum Gasteiger partial charge on any atom is -0.755 e. The van der Waals surface area contributed by atoms with Gasteiger partial charge in [0, 0.05) is 22.7 Å². The molecule has 0 aliphatic carbocycles. The van der Waals surface area contributed by atoms with E-state index in [1.54, 1.807) is 12.1 Å². The van der Waals surface area contributed by atoms with Gasteiger partial charge in [0.15, 0.2) is 0 Å². The van der Waals surface area contributed by atoms with Crippen LogP contribution in [0.15, 0.2) is 54.7 Å². The molecule has 1 unspecified atom stereocenters. The summed E-state index contributed by atoms with van der Waals surface area (Å²) in [4.78, 5) is 4.07. The lowest BCUT2D eigenvalue weighted by molar-refractivity contribution is 0.282. The predicted molar refractivity (Wildman–Crippen MR) is 86.7 cm³/mol. The SMILES string of the molecule is O=S([O-])Nc1ccc(Oc2cccc3cc(CO)ccc23)nc1. The molecule has 0 aliphatic rings. The van der Waals surface area contributed by atoms with E-state index in [0.29, 0.717) is 17.3 Å². The summed E-state index contributed by atoms with van der Waals surface area (Å²) >= 11 is -2.38. The van der Waals surface area contributed by atoms with E-state index in [1.165, 1.54) is 6.20 Å². The van der Waals surface area contributed by atoms with Gasteiger partial charge in [0.2, 0.25) is 5.88 Å². The van der Waals surface area contributed by atoms with Crippen LogP contribution in [-0.2, 0) is 17.9 Å². The summed E-state index contributed by atoms with van der Waals surface area (Å²) in [5, 5.41) is 11.0. The lowest BCUT2D eigenvalue weighted by atomic mass is 10.1. The highest BCUT2D eigenvalue weighted by atomic mass is 32.2. The zero-order valence-electron chi connectivity index (χ0n) is 11.9. The summed E-state index contributed by atoms with van der Waals surface area (Å²) < 4.78 is 29.1. The predicted octanol–water partition coefficient (Wildman–Crippen LogP) is 2.73. The largest absolute Gasteiger partial charge is 0.755 e. The molecule has 0 saturated carbocycles. The fourth-order valence-electron chi connectivity index (χ4n) is 2.20. The number of hydrogen-bond donors (Lipinski definition) is 2. The molecule has 118 valence electrons. The minimum absolute atomic E-state index is 0.0157. The van der Waals surface area contributed by atoms with Crippen molar-refractivity contribution in [2.24, 2.45) is 0 Å². The fourth-order valence-corrected chi connectivity index (χ4v) is 2.51. The molecule has 3 aromatic rings. The van der Waals surface area contributed by atoms with Gasteiger partial charge in [-0.05, 0) is 29.1 Å². The van der Waals surface area contributed by atoms with Gasteiger partial charge in [-0.1, -0.05) is 24.3 Å². The second-order valence-electron chi connectivity index (χ2n) is 4.79. The van der Waals surface area contributed by atoms with Crippen molar-refractivity contribution >= 4 is 27.7 Å². The quantitative estimate of drug-likeness (QED) is 0.702. The zero-order chi connectivity index (χ0) is 16.2. The van der Waals surface area contributed by atoms with Crippen molar-refractivity contribution in [3.8, 4) is 11.6 Å². The molecule has 23 heavy (non-hydrogen) atoms. The van der Waals surface area contributed by atoms with Gasteiger partial charge in [-0.15, -0.1) is 0 Å². The summed E-state index contributed by atoms with van der Waals surface area (Å²) in [6, 6.07) is 14.4. The molecule has 0 aliphatic heterocycles. The Morgan fingerprint density at radius 2 is 2.09 bits per heavy atom. The van der Waals surface area contributed by atoms with Gasteiger partial charge < -0.3 is 19.1 Å². The molecule has 1 aromatic heterocycles. The lowest BCUT2D eigenvalue weighted by Crippen LogP contribution is -2.02. The Morgan fingerprint density at radius 1 is 1.22 bits per heavy atom. The molecule has 0 saturated heterocycles. The second kappa shape index (κ2) is 6.74. The molecule has 6 nitrogen and oxygen atoms in total. The molecule has 0 amide bonds. The normalized spacial score (nSPS) is 12.1. The Balaban J connectivity index is 1.87.